The molecule has 1 atom stereocenters. The van der Waals surface area contributed by atoms with Crippen molar-refractivity contribution in [2.24, 2.45) is 17.6 Å². The van der Waals surface area contributed by atoms with Crippen molar-refractivity contribution >= 4 is 0 Å². The quantitative estimate of drug-likeness (QED) is 0.641. The molecular weight excluding hydrogens is 212 g/mol. The molecule has 1 unspecified atom stereocenters. The van der Waals surface area contributed by atoms with Crippen LogP contribution in [0.5, 0.6) is 0 Å². The molecule has 0 saturated heterocycles. The number of nitrogens with two attached hydrogens (primary N) is 1. The molecule has 0 amide bonds. The van der Waals surface area contributed by atoms with E-state index in [-0.39, 0.29) is 0 Å². The van der Waals surface area contributed by atoms with Gasteiger partial charge in [-0.1, -0.05) is 27.7 Å². The van der Waals surface area contributed by atoms with Gasteiger partial charge in [0.15, 0.2) is 0 Å². The minimum atomic E-state index is 0.373. The number of hydrogen-bond donors (Lipinski definition) is 1. The molecule has 17 heavy (non-hydrogen) atoms. The van der Waals surface area contributed by atoms with Crippen LogP contribution in [0.4, 0.5) is 0 Å². The van der Waals surface area contributed by atoms with E-state index in [2.05, 4.69) is 32.6 Å². The number of ether oxygens (including phenoxy) is 1. The highest BCUT2D eigenvalue weighted by atomic mass is 16.5. The van der Waals surface area contributed by atoms with E-state index in [9.17, 15) is 0 Å². The summed E-state index contributed by atoms with van der Waals surface area (Å²) in [6, 6.07) is 0.373. The molecule has 0 aliphatic carbocycles. The molecule has 104 valence electrons. The summed E-state index contributed by atoms with van der Waals surface area (Å²) < 4.78 is 5.27. The number of rotatable bonds is 10. The minimum Gasteiger partial charge on any atom is -0.383 e. The predicted molar refractivity (Wildman–Crippen MR) is 75.2 cm³/mol. The normalized spacial score (nSPS) is 13.9. The fourth-order valence-corrected chi connectivity index (χ4v) is 1.84. The van der Waals surface area contributed by atoms with Crippen LogP contribution < -0.4 is 5.73 Å². The van der Waals surface area contributed by atoms with Crippen molar-refractivity contribution in [2.45, 2.75) is 46.6 Å². The van der Waals surface area contributed by atoms with Crippen molar-refractivity contribution in [2.75, 3.05) is 33.4 Å². The minimum absolute atomic E-state index is 0.373. The van der Waals surface area contributed by atoms with E-state index in [0.717, 1.165) is 31.5 Å². The molecule has 3 nitrogen and oxygen atoms in total. The predicted octanol–water partition coefficient (Wildman–Crippen LogP) is 2.35. The molecule has 0 aromatic heterocycles. The fourth-order valence-electron chi connectivity index (χ4n) is 1.84. The van der Waals surface area contributed by atoms with E-state index in [1.54, 1.807) is 7.11 Å². The van der Waals surface area contributed by atoms with E-state index in [4.69, 9.17) is 10.5 Å². The second-order valence-electron chi connectivity index (χ2n) is 5.75. The van der Waals surface area contributed by atoms with Gasteiger partial charge in [0, 0.05) is 19.7 Å². The molecule has 0 bridgehead atoms. The van der Waals surface area contributed by atoms with Crippen molar-refractivity contribution in [3.63, 3.8) is 0 Å². The average molecular weight is 244 g/mol. The van der Waals surface area contributed by atoms with E-state index in [1.165, 1.54) is 12.8 Å². The summed E-state index contributed by atoms with van der Waals surface area (Å²) in [5, 5.41) is 0. The summed E-state index contributed by atoms with van der Waals surface area (Å²) in [5.41, 5.74) is 5.85. The van der Waals surface area contributed by atoms with Crippen LogP contribution in [0.1, 0.15) is 40.5 Å². The van der Waals surface area contributed by atoms with Gasteiger partial charge >= 0.3 is 0 Å². The first-order valence-corrected chi connectivity index (χ1v) is 6.94. The topological polar surface area (TPSA) is 38.5 Å². The highest BCUT2D eigenvalue weighted by molar-refractivity contribution is 4.73. The largest absolute Gasteiger partial charge is 0.383 e. The Balaban J connectivity index is 4.24. The van der Waals surface area contributed by atoms with Gasteiger partial charge in [0.2, 0.25) is 0 Å². The van der Waals surface area contributed by atoms with Gasteiger partial charge in [0.05, 0.1) is 6.61 Å². The zero-order valence-electron chi connectivity index (χ0n) is 12.4. The standard InChI is InChI=1S/C14H32N2O/c1-12(2)6-8-16(9-7-13(3)4)14(10-15)11-17-5/h12-14H,6-11,15H2,1-5H3. The van der Waals surface area contributed by atoms with Gasteiger partial charge in [0.1, 0.15) is 0 Å². The third kappa shape index (κ3) is 8.58. The van der Waals surface area contributed by atoms with E-state index in [0.29, 0.717) is 12.6 Å². The highest BCUT2D eigenvalue weighted by Gasteiger charge is 2.17. The van der Waals surface area contributed by atoms with Crippen LogP contribution in [0.25, 0.3) is 0 Å². The maximum absolute atomic E-state index is 5.85. The molecule has 0 saturated carbocycles. The van der Waals surface area contributed by atoms with Gasteiger partial charge in [-0.15, -0.1) is 0 Å². The highest BCUT2D eigenvalue weighted by Crippen LogP contribution is 2.09. The Morgan fingerprint density at radius 3 is 1.76 bits per heavy atom. The molecule has 2 N–H and O–H groups in total. The molecule has 0 fully saturated rings. The number of nitrogens with zero attached hydrogens (tertiary/aromatic N) is 1. The van der Waals surface area contributed by atoms with Gasteiger partial charge in [-0.25, -0.2) is 0 Å². The molecule has 0 aliphatic rings. The SMILES string of the molecule is COCC(CN)N(CCC(C)C)CCC(C)C. The van der Waals surface area contributed by atoms with Gasteiger partial charge in [0.25, 0.3) is 0 Å². The number of methoxy groups -OCH3 is 1. The summed E-state index contributed by atoms with van der Waals surface area (Å²) in [6.45, 7) is 12.8. The zero-order valence-corrected chi connectivity index (χ0v) is 12.4. The first-order valence-electron chi connectivity index (χ1n) is 6.94. The summed E-state index contributed by atoms with van der Waals surface area (Å²) >= 11 is 0. The second-order valence-corrected chi connectivity index (χ2v) is 5.75. The summed E-state index contributed by atoms with van der Waals surface area (Å²) in [5.74, 6) is 1.50. The van der Waals surface area contributed by atoms with Gasteiger partial charge in [-0.05, 0) is 37.8 Å². The van der Waals surface area contributed by atoms with Crippen LogP contribution in [0.2, 0.25) is 0 Å². The Morgan fingerprint density at radius 2 is 1.47 bits per heavy atom. The lowest BCUT2D eigenvalue weighted by Gasteiger charge is -2.31. The van der Waals surface area contributed by atoms with Gasteiger partial charge in [-0.3, -0.25) is 4.90 Å². The maximum atomic E-state index is 5.85. The van der Waals surface area contributed by atoms with Crippen LogP contribution in [0, 0.1) is 11.8 Å². The molecule has 0 aromatic rings. The third-order valence-electron chi connectivity index (χ3n) is 3.13. The first kappa shape index (κ1) is 16.9. The average Bonchev–Trinajstić information content (AvgIpc) is 2.26. The van der Waals surface area contributed by atoms with Crippen LogP contribution in [0.3, 0.4) is 0 Å². The Labute approximate surface area is 108 Å². The molecule has 0 aliphatic heterocycles. The molecule has 0 radical (unpaired) electrons. The summed E-state index contributed by atoms with van der Waals surface area (Å²) in [7, 11) is 1.76. The van der Waals surface area contributed by atoms with Crippen molar-refractivity contribution in [3.05, 3.63) is 0 Å². The monoisotopic (exact) mass is 244 g/mol. The summed E-state index contributed by atoms with van der Waals surface area (Å²) in [4.78, 5) is 2.50. The van der Waals surface area contributed by atoms with E-state index >= 15 is 0 Å². The Kier molecular flexibility index (Phi) is 9.79. The Morgan fingerprint density at radius 1 is 1.00 bits per heavy atom. The molecule has 0 spiro atoms. The molecule has 0 rings (SSSR count). The van der Waals surface area contributed by atoms with Crippen molar-refractivity contribution < 1.29 is 4.74 Å². The number of hydrogen-bond acceptors (Lipinski definition) is 3. The van der Waals surface area contributed by atoms with Crippen LogP contribution in [-0.4, -0.2) is 44.3 Å². The van der Waals surface area contributed by atoms with Crippen LogP contribution in [0.15, 0.2) is 0 Å². The second kappa shape index (κ2) is 9.86. The maximum Gasteiger partial charge on any atom is 0.0630 e. The molecule has 3 heteroatoms. The van der Waals surface area contributed by atoms with Crippen molar-refractivity contribution in [1.29, 1.82) is 0 Å². The lowest BCUT2D eigenvalue weighted by Crippen LogP contribution is -2.45. The lowest BCUT2D eigenvalue weighted by atomic mass is 10.1. The third-order valence-corrected chi connectivity index (χ3v) is 3.13. The Hall–Kier alpha value is -0.120. The molecule has 0 heterocycles. The van der Waals surface area contributed by atoms with Gasteiger partial charge in [-0.2, -0.15) is 0 Å². The van der Waals surface area contributed by atoms with Crippen LogP contribution >= 0.6 is 0 Å². The van der Waals surface area contributed by atoms with E-state index in [1.807, 2.05) is 0 Å². The Bertz CT molecular complexity index is 160. The van der Waals surface area contributed by atoms with Crippen molar-refractivity contribution in [1.82, 2.24) is 4.90 Å². The van der Waals surface area contributed by atoms with E-state index < -0.39 is 0 Å². The summed E-state index contributed by atoms with van der Waals surface area (Å²) in [6.07, 6.45) is 2.47. The lowest BCUT2D eigenvalue weighted by molar-refractivity contribution is 0.0873. The van der Waals surface area contributed by atoms with Crippen molar-refractivity contribution in [3.8, 4) is 0 Å². The fraction of sp³-hybridized carbons (Fsp3) is 1.00. The molecule has 0 aromatic carbocycles. The smallest absolute Gasteiger partial charge is 0.0630 e. The van der Waals surface area contributed by atoms with Crippen LogP contribution in [-0.2, 0) is 4.74 Å². The zero-order chi connectivity index (χ0) is 13.3. The molecular formula is C14H32N2O. The first-order chi connectivity index (χ1) is 8.01. The van der Waals surface area contributed by atoms with Gasteiger partial charge < -0.3 is 10.5 Å².